The van der Waals surface area contributed by atoms with Crippen molar-refractivity contribution >= 4 is 39.1 Å². The van der Waals surface area contributed by atoms with Gasteiger partial charge < -0.3 is 10.2 Å². The molecule has 4 rings (SSSR count). The third-order valence-electron chi connectivity index (χ3n) is 7.19. The zero-order valence-electron chi connectivity index (χ0n) is 24.5. The van der Waals surface area contributed by atoms with E-state index in [1.165, 1.54) is 17.0 Å². The van der Waals surface area contributed by atoms with Gasteiger partial charge in [0.15, 0.2) is 0 Å². The zero-order chi connectivity index (χ0) is 31.0. The molecule has 0 aliphatic heterocycles. The fourth-order valence-corrected chi connectivity index (χ4v) is 6.52. The van der Waals surface area contributed by atoms with Gasteiger partial charge in [0.05, 0.1) is 10.6 Å². The third-order valence-corrected chi connectivity index (χ3v) is 9.34. The molecule has 0 spiro atoms. The van der Waals surface area contributed by atoms with E-state index in [-0.39, 0.29) is 23.8 Å². The highest BCUT2D eigenvalue weighted by molar-refractivity contribution is 7.92. The van der Waals surface area contributed by atoms with E-state index in [9.17, 15) is 18.0 Å². The molecule has 0 heterocycles. The van der Waals surface area contributed by atoms with Gasteiger partial charge in [0.2, 0.25) is 11.8 Å². The second-order valence-corrected chi connectivity index (χ2v) is 12.6. The number of anilines is 1. The Morgan fingerprint density at radius 2 is 1.47 bits per heavy atom. The lowest BCUT2D eigenvalue weighted by Crippen LogP contribution is -2.53. The van der Waals surface area contributed by atoms with E-state index in [0.29, 0.717) is 28.4 Å². The molecule has 1 atom stereocenters. The Hall–Kier alpha value is -4.14. The van der Waals surface area contributed by atoms with Gasteiger partial charge in [0.1, 0.15) is 12.6 Å². The Morgan fingerprint density at radius 1 is 0.837 bits per heavy atom. The van der Waals surface area contributed by atoms with Crippen LogP contribution in [-0.4, -0.2) is 44.3 Å². The molecule has 0 saturated carbocycles. The Kier molecular flexibility index (Phi) is 10.6. The second-order valence-electron chi connectivity index (χ2n) is 10.3. The highest BCUT2D eigenvalue weighted by Crippen LogP contribution is 2.28. The Balaban J connectivity index is 1.81. The Morgan fingerprint density at radius 3 is 2.12 bits per heavy atom. The van der Waals surface area contributed by atoms with Gasteiger partial charge >= 0.3 is 0 Å². The molecule has 7 nitrogen and oxygen atoms in total. The maximum atomic E-state index is 14.4. The molecule has 2 amide bonds. The number of sulfonamides is 1. The molecule has 224 valence electrons. The summed E-state index contributed by atoms with van der Waals surface area (Å²) in [5.74, 6) is -0.873. The molecule has 0 saturated heterocycles. The van der Waals surface area contributed by atoms with Crippen molar-refractivity contribution < 1.29 is 18.0 Å². The molecular formula is C34H36ClN3O4S. The first-order valence-electron chi connectivity index (χ1n) is 14.1. The molecule has 0 unspecified atom stereocenters. The molecule has 0 aliphatic carbocycles. The molecule has 0 radical (unpaired) electrons. The van der Waals surface area contributed by atoms with E-state index in [1.807, 2.05) is 56.3 Å². The van der Waals surface area contributed by atoms with Crippen LogP contribution in [0.3, 0.4) is 0 Å². The standard InChI is InChI=1S/C34H36ClN3O4S/c1-4-36-34(40)32(22-27-13-6-5-7-14-27)37(23-28-15-9-10-16-30(28)35)33(39)24-38(31-17-11-8-12-26(31)3)43(41,42)29-20-18-25(2)19-21-29/h5-21,32H,4,22-24H2,1-3H3,(H,36,40)/t32-/m0/s1. The normalized spacial score (nSPS) is 11.9. The van der Waals surface area contributed by atoms with Gasteiger partial charge in [0.25, 0.3) is 10.0 Å². The summed E-state index contributed by atoms with van der Waals surface area (Å²) in [6.07, 6.45) is 0.234. The van der Waals surface area contributed by atoms with Crippen LogP contribution in [0.25, 0.3) is 0 Å². The van der Waals surface area contributed by atoms with Crippen LogP contribution in [0.1, 0.15) is 29.2 Å². The van der Waals surface area contributed by atoms with Gasteiger partial charge in [-0.15, -0.1) is 0 Å². The number of aryl methyl sites for hydroxylation is 2. The molecule has 0 bridgehead atoms. The predicted octanol–water partition coefficient (Wildman–Crippen LogP) is 5.93. The van der Waals surface area contributed by atoms with Crippen LogP contribution in [0.5, 0.6) is 0 Å². The number of hydrogen-bond acceptors (Lipinski definition) is 4. The quantitative estimate of drug-likeness (QED) is 0.214. The molecular weight excluding hydrogens is 582 g/mol. The largest absolute Gasteiger partial charge is 0.355 e. The first-order chi connectivity index (χ1) is 20.6. The minimum absolute atomic E-state index is 0.0132. The van der Waals surface area contributed by atoms with E-state index >= 15 is 0 Å². The lowest BCUT2D eigenvalue weighted by Gasteiger charge is -2.34. The maximum Gasteiger partial charge on any atom is 0.264 e. The molecule has 0 aliphatic rings. The lowest BCUT2D eigenvalue weighted by atomic mass is 10.0. The molecule has 0 aromatic heterocycles. The van der Waals surface area contributed by atoms with Crippen LogP contribution in [0, 0.1) is 13.8 Å². The summed E-state index contributed by atoms with van der Waals surface area (Å²) in [6.45, 7) is 5.35. The van der Waals surface area contributed by atoms with Crippen LogP contribution < -0.4 is 9.62 Å². The molecule has 1 N–H and O–H groups in total. The average Bonchev–Trinajstić information content (AvgIpc) is 2.99. The summed E-state index contributed by atoms with van der Waals surface area (Å²) in [4.78, 5) is 29.5. The number of carbonyl (C=O) groups is 2. The zero-order valence-corrected chi connectivity index (χ0v) is 26.1. The van der Waals surface area contributed by atoms with E-state index < -0.39 is 28.5 Å². The smallest absolute Gasteiger partial charge is 0.264 e. The molecule has 4 aromatic carbocycles. The number of rotatable bonds is 12. The number of nitrogens with one attached hydrogen (secondary N) is 1. The number of nitrogens with zero attached hydrogens (tertiary/aromatic N) is 2. The third kappa shape index (κ3) is 7.83. The van der Waals surface area contributed by atoms with Crippen molar-refractivity contribution in [2.24, 2.45) is 0 Å². The SMILES string of the molecule is CCNC(=O)[C@H](Cc1ccccc1)N(Cc1ccccc1Cl)C(=O)CN(c1ccccc1C)S(=O)(=O)c1ccc(C)cc1. The summed E-state index contributed by atoms with van der Waals surface area (Å²) >= 11 is 6.52. The van der Waals surface area contributed by atoms with Crippen LogP contribution in [0.15, 0.2) is 108 Å². The van der Waals surface area contributed by atoms with Crippen molar-refractivity contribution in [2.75, 3.05) is 17.4 Å². The number of para-hydroxylation sites is 1. The van der Waals surface area contributed by atoms with Gasteiger partial charge in [-0.2, -0.15) is 0 Å². The number of amides is 2. The van der Waals surface area contributed by atoms with Crippen molar-refractivity contribution in [3.05, 3.63) is 130 Å². The predicted molar refractivity (Wildman–Crippen MR) is 172 cm³/mol. The lowest BCUT2D eigenvalue weighted by molar-refractivity contribution is -0.140. The molecule has 43 heavy (non-hydrogen) atoms. The Bertz CT molecular complexity index is 1660. The number of benzene rings is 4. The average molecular weight is 618 g/mol. The van der Waals surface area contributed by atoms with E-state index in [4.69, 9.17) is 11.6 Å². The molecule has 4 aromatic rings. The summed E-state index contributed by atoms with van der Waals surface area (Å²) in [5, 5.41) is 3.30. The number of likely N-dealkylation sites (N-methyl/N-ethyl adjacent to an activating group) is 1. The van der Waals surface area contributed by atoms with E-state index in [2.05, 4.69) is 5.32 Å². The summed E-state index contributed by atoms with van der Waals surface area (Å²) in [6, 6.07) is 29.1. The van der Waals surface area contributed by atoms with Gasteiger partial charge in [-0.1, -0.05) is 96.0 Å². The van der Waals surface area contributed by atoms with Gasteiger partial charge in [-0.05, 0) is 61.7 Å². The highest BCUT2D eigenvalue weighted by atomic mass is 35.5. The van der Waals surface area contributed by atoms with Crippen LogP contribution in [0.2, 0.25) is 5.02 Å². The monoisotopic (exact) mass is 617 g/mol. The minimum atomic E-state index is -4.16. The van der Waals surface area contributed by atoms with Gasteiger partial charge in [-0.25, -0.2) is 8.42 Å². The van der Waals surface area contributed by atoms with Crippen LogP contribution >= 0.6 is 11.6 Å². The topological polar surface area (TPSA) is 86.8 Å². The molecule has 9 heteroatoms. The maximum absolute atomic E-state index is 14.4. The highest BCUT2D eigenvalue weighted by Gasteiger charge is 2.35. The van der Waals surface area contributed by atoms with Crippen LogP contribution in [-0.2, 0) is 32.6 Å². The number of halogens is 1. The fourth-order valence-electron chi connectivity index (χ4n) is 4.85. The molecule has 0 fully saturated rings. The van der Waals surface area contributed by atoms with Crippen molar-refractivity contribution in [3.63, 3.8) is 0 Å². The summed E-state index contributed by atoms with van der Waals surface area (Å²) < 4.78 is 29.4. The second kappa shape index (κ2) is 14.4. The van der Waals surface area contributed by atoms with E-state index in [0.717, 1.165) is 15.4 Å². The first kappa shape index (κ1) is 31.8. The fraction of sp³-hybridized carbons (Fsp3) is 0.235. The van der Waals surface area contributed by atoms with E-state index in [1.54, 1.807) is 55.5 Å². The summed E-state index contributed by atoms with van der Waals surface area (Å²) in [5.41, 5.74) is 3.48. The first-order valence-corrected chi connectivity index (χ1v) is 15.9. The van der Waals surface area contributed by atoms with Crippen LogP contribution in [0.4, 0.5) is 5.69 Å². The van der Waals surface area contributed by atoms with Crippen molar-refractivity contribution in [2.45, 2.75) is 44.7 Å². The number of hydrogen-bond donors (Lipinski definition) is 1. The van der Waals surface area contributed by atoms with Crippen molar-refractivity contribution in [1.29, 1.82) is 0 Å². The van der Waals surface area contributed by atoms with Gasteiger partial charge in [-0.3, -0.25) is 13.9 Å². The summed E-state index contributed by atoms with van der Waals surface area (Å²) in [7, 11) is -4.16. The number of carbonyl (C=O) groups excluding carboxylic acids is 2. The Labute approximate surface area is 259 Å². The minimum Gasteiger partial charge on any atom is -0.355 e. The van der Waals surface area contributed by atoms with Crippen molar-refractivity contribution in [3.8, 4) is 0 Å². The van der Waals surface area contributed by atoms with Crippen molar-refractivity contribution in [1.82, 2.24) is 10.2 Å². The van der Waals surface area contributed by atoms with Gasteiger partial charge in [0, 0.05) is 24.5 Å².